The van der Waals surface area contributed by atoms with Gasteiger partial charge in [-0.1, -0.05) is 0 Å². The number of hydrogen-bond acceptors (Lipinski definition) is 8. The van der Waals surface area contributed by atoms with E-state index in [-0.39, 0.29) is 23.8 Å². The molecule has 1 saturated heterocycles. The molecule has 0 atom stereocenters. The highest BCUT2D eigenvalue weighted by molar-refractivity contribution is 7.16. The molecule has 3 rings (SSSR count). The van der Waals surface area contributed by atoms with Crippen LogP contribution in [0.15, 0.2) is 18.2 Å². The Balaban J connectivity index is 1.85. The molecule has 2 amide bonds. The van der Waals surface area contributed by atoms with Crippen LogP contribution >= 0.6 is 11.3 Å². The van der Waals surface area contributed by atoms with Crippen molar-refractivity contribution in [3.05, 3.63) is 49.9 Å². The van der Waals surface area contributed by atoms with Gasteiger partial charge in [0.25, 0.3) is 11.6 Å². The normalized spacial score (nSPS) is 13.6. The molecular formula is C22H26N4O6S. The maximum absolute atomic E-state index is 12.9. The average molecular weight is 475 g/mol. The molecule has 176 valence electrons. The molecule has 1 fully saturated rings. The molecule has 1 aliphatic rings. The number of esters is 1. The molecule has 0 spiro atoms. The summed E-state index contributed by atoms with van der Waals surface area (Å²) in [5, 5.41) is 14.8. The third-order valence-electron chi connectivity index (χ3n) is 5.59. The predicted octanol–water partition coefficient (Wildman–Crippen LogP) is 3.37. The molecule has 0 bridgehead atoms. The number of thiophene rings is 1. The number of piperazine rings is 1. The highest BCUT2D eigenvalue weighted by Crippen LogP contribution is 2.34. The monoisotopic (exact) mass is 474 g/mol. The van der Waals surface area contributed by atoms with Gasteiger partial charge in [-0.25, -0.2) is 4.79 Å². The van der Waals surface area contributed by atoms with Gasteiger partial charge < -0.3 is 19.9 Å². The van der Waals surface area contributed by atoms with Crippen molar-refractivity contribution >= 4 is 45.5 Å². The van der Waals surface area contributed by atoms with Gasteiger partial charge >= 0.3 is 5.97 Å². The van der Waals surface area contributed by atoms with Crippen LogP contribution in [0.1, 0.15) is 45.0 Å². The van der Waals surface area contributed by atoms with E-state index < -0.39 is 16.8 Å². The number of rotatable bonds is 6. The number of carbonyl (C=O) groups is 3. The number of amides is 2. The molecule has 0 radical (unpaired) electrons. The van der Waals surface area contributed by atoms with Crippen molar-refractivity contribution < 1.29 is 24.0 Å². The summed E-state index contributed by atoms with van der Waals surface area (Å²) in [6.45, 7) is 8.88. The van der Waals surface area contributed by atoms with Crippen LogP contribution in [-0.4, -0.2) is 60.4 Å². The standard InChI is InChI=1S/C22H26N4O6S/c1-5-32-22(29)19-13(2)14(3)33-21(19)23-20(28)16-6-7-17(18(12-16)26(30)31)25-10-8-24(9-11-25)15(4)27/h6-7,12H,5,8-11H2,1-4H3,(H,23,28). The number of ether oxygens (including phenoxy) is 1. The number of nitrogens with zero attached hydrogens (tertiary/aromatic N) is 3. The maximum atomic E-state index is 12.9. The second-order valence-electron chi connectivity index (χ2n) is 7.62. The summed E-state index contributed by atoms with van der Waals surface area (Å²) in [5.41, 5.74) is 1.33. The van der Waals surface area contributed by atoms with Crippen molar-refractivity contribution in [2.45, 2.75) is 27.7 Å². The van der Waals surface area contributed by atoms with Crippen LogP contribution in [0.2, 0.25) is 0 Å². The lowest BCUT2D eigenvalue weighted by Gasteiger charge is -2.35. The van der Waals surface area contributed by atoms with Crippen LogP contribution in [-0.2, 0) is 9.53 Å². The Morgan fingerprint density at radius 1 is 1.18 bits per heavy atom. The average Bonchev–Trinajstić information content (AvgIpc) is 3.06. The molecular weight excluding hydrogens is 448 g/mol. The van der Waals surface area contributed by atoms with E-state index in [1.165, 1.54) is 30.4 Å². The Bertz CT molecular complexity index is 1100. The highest BCUT2D eigenvalue weighted by Gasteiger charge is 2.27. The number of nitro groups is 1. The fourth-order valence-electron chi connectivity index (χ4n) is 3.68. The summed E-state index contributed by atoms with van der Waals surface area (Å²) in [4.78, 5) is 52.4. The second-order valence-corrected chi connectivity index (χ2v) is 8.84. The Morgan fingerprint density at radius 3 is 2.42 bits per heavy atom. The van der Waals surface area contributed by atoms with Crippen molar-refractivity contribution in [3.63, 3.8) is 0 Å². The number of aryl methyl sites for hydroxylation is 1. The summed E-state index contributed by atoms with van der Waals surface area (Å²) in [7, 11) is 0. The van der Waals surface area contributed by atoms with Crippen LogP contribution in [0.4, 0.5) is 16.4 Å². The van der Waals surface area contributed by atoms with E-state index in [4.69, 9.17) is 4.74 Å². The molecule has 33 heavy (non-hydrogen) atoms. The summed E-state index contributed by atoms with van der Waals surface area (Å²) in [5.74, 6) is -1.11. The van der Waals surface area contributed by atoms with Gasteiger partial charge in [0, 0.05) is 49.6 Å². The first-order valence-electron chi connectivity index (χ1n) is 10.5. The quantitative estimate of drug-likeness (QED) is 0.387. The van der Waals surface area contributed by atoms with Crippen molar-refractivity contribution in [1.82, 2.24) is 4.90 Å². The molecule has 11 heteroatoms. The molecule has 1 aliphatic heterocycles. The Labute approximate surface area is 195 Å². The van der Waals surface area contributed by atoms with Crippen molar-refractivity contribution in [2.75, 3.05) is 43.0 Å². The van der Waals surface area contributed by atoms with E-state index in [0.717, 1.165) is 10.4 Å². The lowest BCUT2D eigenvalue weighted by molar-refractivity contribution is -0.384. The van der Waals surface area contributed by atoms with Crippen molar-refractivity contribution in [1.29, 1.82) is 0 Å². The summed E-state index contributed by atoms with van der Waals surface area (Å²) >= 11 is 1.25. The maximum Gasteiger partial charge on any atom is 0.341 e. The Hall–Kier alpha value is -3.47. The predicted molar refractivity (Wildman–Crippen MR) is 125 cm³/mol. The molecule has 0 unspecified atom stereocenters. The first-order valence-corrected chi connectivity index (χ1v) is 11.3. The first kappa shape index (κ1) is 24.2. The van der Waals surface area contributed by atoms with Gasteiger partial charge in [0.05, 0.1) is 17.1 Å². The molecule has 1 aromatic carbocycles. The number of carbonyl (C=O) groups excluding carboxylic acids is 3. The van der Waals surface area contributed by atoms with Gasteiger partial charge in [0.15, 0.2) is 0 Å². The van der Waals surface area contributed by atoms with Crippen LogP contribution in [0.25, 0.3) is 0 Å². The number of nitro benzene ring substituents is 1. The summed E-state index contributed by atoms with van der Waals surface area (Å²) in [6, 6.07) is 4.30. The van der Waals surface area contributed by atoms with Gasteiger partial charge in [-0.05, 0) is 38.5 Å². The molecule has 0 saturated carbocycles. The SMILES string of the molecule is CCOC(=O)c1c(NC(=O)c2ccc(N3CCN(C(C)=O)CC3)c([N+](=O)[O-])c2)sc(C)c1C. The lowest BCUT2D eigenvalue weighted by atomic mass is 10.1. The molecule has 1 aromatic heterocycles. The van der Waals surface area contributed by atoms with E-state index in [2.05, 4.69) is 5.32 Å². The number of benzene rings is 1. The van der Waals surface area contributed by atoms with Gasteiger partial charge in [-0.2, -0.15) is 0 Å². The summed E-state index contributed by atoms with van der Waals surface area (Å²) in [6.07, 6.45) is 0. The van der Waals surface area contributed by atoms with Gasteiger partial charge in [-0.15, -0.1) is 11.3 Å². The molecule has 10 nitrogen and oxygen atoms in total. The second kappa shape index (κ2) is 9.99. The number of nitrogens with one attached hydrogen (secondary N) is 1. The van der Waals surface area contributed by atoms with Crippen LogP contribution in [0, 0.1) is 24.0 Å². The smallest absolute Gasteiger partial charge is 0.341 e. The lowest BCUT2D eigenvalue weighted by Crippen LogP contribution is -2.48. The van der Waals surface area contributed by atoms with E-state index in [0.29, 0.717) is 42.4 Å². The van der Waals surface area contributed by atoms with E-state index in [1.54, 1.807) is 24.8 Å². The summed E-state index contributed by atoms with van der Waals surface area (Å²) < 4.78 is 5.10. The zero-order chi connectivity index (χ0) is 24.3. The van der Waals surface area contributed by atoms with Crippen LogP contribution in [0.5, 0.6) is 0 Å². The number of hydrogen-bond donors (Lipinski definition) is 1. The fraction of sp³-hybridized carbons (Fsp3) is 0.409. The Morgan fingerprint density at radius 2 is 1.85 bits per heavy atom. The first-order chi connectivity index (χ1) is 15.6. The van der Waals surface area contributed by atoms with Gasteiger partial charge in [0.1, 0.15) is 10.7 Å². The minimum absolute atomic E-state index is 0.0302. The molecule has 1 N–H and O–H groups in total. The van der Waals surface area contributed by atoms with Crippen LogP contribution in [0.3, 0.4) is 0 Å². The van der Waals surface area contributed by atoms with Crippen LogP contribution < -0.4 is 10.2 Å². The third-order valence-corrected chi connectivity index (χ3v) is 6.71. The van der Waals surface area contributed by atoms with Gasteiger partial charge in [0.2, 0.25) is 5.91 Å². The minimum Gasteiger partial charge on any atom is -0.462 e. The topological polar surface area (TPSA) is 122 Å². The fourth-order valence-corrected chi connectivity index (χ4v) is 4.72. The highest BCUT2D eigenvalue weighted by atomic mass is 32.1. The van der Waals surface area contributed by atoms with Gasteiger partial charge in [-0.3, -0.25) is 19.7 Å². The minimum atomic E-state index is -0.558. The molecule has 0 aliphatic carbocycles. The number of anilines is 2. The van der Waals surface area contributed by atoms with E-state index in [1.807, 2.05) is 11.8 Å². The zero-order valence-corrected chi connectivity index (χ0v) is 19.8. The zero-order valence-electron chi connectivity index (χ0n) is 19.0. The largest absolute Gasteiger partial charge is 0.462 e. The molecule has 2 aromatic rings. The molecule has 2 heterocycles. The van der Waals surface area contributed by atoms with Crippen molar-refractivity contribution in [2.24, 2.45) is 0 Å². The Kier molecular flexibility index (Phi) is 7.32. The third kappa shape index (κ3) is 5.14. The van der Waals surface area contributed by atoms with E-state index in [9.17, 15) is 24.5 Å². The van der Waals surface area contributed by atoms with E-state index >= 15 is 0 Å². The van der Waals surface area contributed by atoms with Crippen molar-refractivity contribution in [3.8, 4) is 0 Å².